The van der Waals surface area contributed by atoms with Crippen LogP contribution in [0.5, 0.6) is 0 Å². The fourth-order valence-corrected chi connectivity index (χ4v) is 2.78. The van der Waals surface area contributed by atoms with Crippen molar-refractivity contribution in [3.63, 3.8) is 0 Å². The summed E-state index contributed by atoms with van der Waals surface area (Å²) in [5, 5.41) is 16.3. The van der Waals surface area contributed by atoms with Crippen LogP contribution in [0.1, 0.15) is 31.2 Å². The van der Waals surface area contributed by atoms with E-state index >= 15 is 0 Å². The molecule has 1 aliphatic rings. The minimum Gasteiger partial charge on any atom is -0.396 e. The number of aromatic nitrogens is 2. The van der Waals surface area contributed by atoms with Crippen molar-refractivity contribution in [2.75, 3.05) is 13.2 Å². The number of aliphatic hydroxyl groups is 1. The summed E-state index contributed by atoms with van der Waals surface area (Å²) < 4.78 is 1.70. The normalized spacial score (nSPS) is 23.1. The minimum absolute atomic E-state index is 0.0869. The van der Waals surface area contributed by atoms with E-state index in [2.05, 4.69) is 10.4 Å². The summed E-state index contributed by atoms with van der Waals surface area (Å²) in [7, 11) is 1.84. The molecule has 2 rings (SSSR count). The summed E-state index contributed by atoms with van der Waals surface area (Å²) in [6.45, 7) is 0.882. The van der Waals surface area contributed by atoms with E-state index in [1.54, 1.807) is 17.0 Å². The third-order valence-electron chi connectivity index (χ3n) is 3.99. The fourth-order valence-electron chi connectivity index (χ4n) is 2.78. The average Bonchev–Trinajstić information content (AvgIpc) is 2.89. The van der Waals surface area contributed by atoms with Crippen molar-refractivity contribution < 1.29 is 9.90 Å². The molecule has 1 aliphatic carbocycles. The summed E-state index contributed by atoms with van der Waals surface area (Å²) in [4.78, 5) is 11.8. The van der Waals surface area contributed by atoms with Gasteiger partial charge in [0.15, 0.2) is 0 Å². The van der Waals surface area contributed by atoms with E-state index in [1.807, 2.05) is 13.2 Å². The van der Waals surface area contributed by atoms with Gasteiger partial charge in [0.25, 0.3) is 0 Å². The fraction of sp³-hybridized carbons (Fsp3) is 0.600. The lowest BCUT2D eigenvalue weighted by atomic mass is 9.79. The van der Waals surface area contributed by atoms with Crippen molar-refractivity contribution >= 4 is 12.0 Å². The molecule has 1 fully saturated rings. The highest BCUT2D eigenvalue weighted by Crippen LogP contribution is 2.28. The van der Waals surface area contributed by atoms with Gasteiger partial charge >= 0.3 is 0 Å². The molecule has 2 unspecified atom stereocenters. The molecule has 110 valence electrons. The van der Waals surface area contributed by atoms with Crippen LogP contribution in [0, 0.1) is 11.8 Å². The van der Waals surface area contributed by atoms with Crippen LogP contribution in [-0.2, 0) is 11.8 Å². The van der Waals surface area contributed by atoms with Crippen LogP contribution in [0.4, 0.5) is 0 Å². The zero-order chi connectivity index (χ0) is 14.4. The van der Waals surface area contributed by atoms with E-state index in [0.29, 0.717) is 18.4 Å². The molecule has 2 N–H and O–H groups in total. The molecule has 2 atom stereocenters. The second-order valence-corrected chi connectivity index (χ2v) is 5.51. The standard InChI is InChI=1S/C15H23N3O2/c1-18-10-12(8-17-18)6-7-15(20)16-9-13-4-2-3-5-14(13)11-19/h6-8,10,13-14,19H,2-5,9,11H2,1H3,(H,16,20). The number of aliphatic hydroxyl groups excluding tert-OH is 1. The largest absolute Gasteiger partial charge is 0.396 e. The molecule has 0 aromatic carbocycles. The van der Waals surface area contributed by atoms with Gasteiger partial charge in [0, 0.05) is 38.0 Å². The van der Waals surface area contributed by atoms with Gasteiger partial charge < -0.3 is 10.4 Å². The molecule has 1 aromatic rings. The zero-order valence-corrected chi connectivity index (χ0v) is 12.0. The number of aryl methyl sites for hydroxylation is 1. The Bertz CT molecular complexity index is 467. The second-order valence-electron chi connectivity index (χ2n) is 5.51. The predicted octanol–water partition coefficient (Wildman–Crippen LogP) is 1.35. The third kappa shape index (κ3) is 4.20. The number of carbonyl (C=O) groups is 1. The van der Waals surface area contributed by atoms with Crippen molar-refractivity contribution in [3.05, 3.63) is 24.0 Å². The van der Waals surface area contributed by atoms with Crippen molar-refractivity contribution in [1.29, 1.82) is 0 Å². The number of nitrogens with one attached hydrogen (secondary N) is 1. The first-order valence-electron chi connectivity index (χ1n) is 7.24. The Hall–Kier alpha value is -1.62. The van der Waals surface area contributed by atoms with E-state index in [0.717, 1.165) is 18.4 Å². The Labute approximate surface area is 119 Å². The number of amides is 1. The summed E-state index contributed by atoms with van der Waals surface area (Å²) >= 11 is 0. The number of rotatable bonds is 5. The van der Waals surface area contributed by atoms with Crippen LogP contribution in [0.2, 0.25) is 0 Å². The van der Waals surface area contributed by atoms with Crippen LogP contribution in [0.3, 0.4) is 0 Å². The van der Waals surface area contributed by atoms with Crippen LogP contribution < -0.4 is 5.32 Å². The number of nitrogens with zero attached hydrogens (tertiary/aromatic N) is 2. The molecule has 0 aliphatic heterocycles. The molecule has 1 amide bonds. The zero-order valence-electron chi connectivity index (χ0n) is 12.0. The first-order valence-corrected chi connectivity index (χ1v) is 7.24. The van der Waals surface area contributed by atoms with Gasteiger partial charge in [-0.1, -0.05) is 12.8 Å². The lowest BCUT2D eigenvalue weighted by Gasteiger charge is -2.30. The summed E-state index contributed by atoms with van der Waals surface area (Å²) in [5.74, 6) is 0.659. The Morgan fingerprint density at radius 3 is 2.90 bits per heavy atom. The van der Waals surface area contributed by atoms with Crippen molar-refractivity contribution in [2.45, 2.75) is 25.7 Å². The third-order valence-corrected chi connectivity index (χ3v) is 3.99. The van der Waals surface area contributed by atoms with Crippen LogP contribution >= 0.6 is 0 Å². The first kappa shape index (κ1) is 14.8. The quantitative estimate of drug-likeness (QED) is 0.798. The maximum Gasteiger partial charge on any atom is 0.244 e. The molecule has 1 heterocycles. The first-order chi connectivity index (χ1) is 9.69. The van der Waals surface area contributed by atoms with Gasteiger partial charge in [0.2, 0.25) is 5.91 Å². The van der Waals surface area contributed by atoms with E-state index in [4.69, 9.17) is 0 Å². The van der Waals surface area contributed by atoms with Gasteiger partial charge in [0.1, 0.15) is 0 Å². The van der Waals surface area contributed by atoms with E-state index in [1.165, 1.54) is 18.9 Å². The molecule has 5 heteroatoms. The highest BCUT2D eigenvalue weighted by atomic mass is 16.3. The van der Waals surface area contributed by atoms with Crippen molar-refractivity contribution in [3.8, 4) is 0 Å². The van der Waals surface area contributed by atoms with Gasteiger partial charge in [-0.3, -0.25) is 9.48 Å². The average molecular weight is 277 g/mol. The van der Waals surface area contributed by atoms with Gasteiger partial charge in [-0.15, -0.1) is 0 Å². The molecule has 20 heavy (non-hydrogen) atoms. The van der Waals surface area contributed by atoms with Gasteiger partial charge in [-0.2, -0.15) is 5.10 Å². The molecule has 5 nitrogen and oxygen atoms in total. The van der Waals surface area contributed by atoms with E-state index < -0.39 is 0 Å². The lowest BCUT2D eigenvalue weighted by molar-refractivity contribution is -0.116. The van der Waals surface area contributed by atoms with Gasteiger partial charge in [-0.05, 0) is 30.8 Å². The molecule has 0 radical (unpaired) electrons. The monoisotopic (exact) mass is 277 g/mol. The highest BCUT2D eigenvalue weighted by molar-refractivity contribution is 5.91. The Kier molecular flexibility index (Phi) is 5.35. The SMILES string of the molecule is Cn1cc(C=CC(=O)NCC2CCCCC2CO)cn1. The second kappa shape index (κ2) is 7.24. The Balaban J connectivity index is 1.78. The molecule has 1 aromatic heterocycles. The molecule has 1 saturated carbocycles. The Morgan fingerprint density at radius 2 is 2.25 bits per heavy atom. The molecule has 0 spiro atoms. The summed E-state index contributed by atoms with van der Waals surface area (Å²) in [5.41, 5.74) is 0.911. The highest BCUT2D eigenvalue weighted by Gasteiger charge is 2.24. The maximum atomic E-state index is 11.8. The number of carbonyl (C=O) groups excluding carboxylic acids is 1. The molecular weight excluding hydrogens is 254 g/mol. The topological polar surface area (TPSA) is 67.2 Å². The molecule has 0 bridgehead atoms. The number of hydrogen-bond acceptors (Lipinski definition) is 3. The van der Waals surface area contributed by atoms with E-state index in [9.17, 15) is 9.90 Å². The van der Waals surface area contributed by atoms with Crippen molar-refractivity contribution in [1.82, 2.24) is 15.1 Å². The number of hydrogen-bond donors (Lipinski definition) is 2. The minimum atomic E-state index is -0.0869. The van der Waals surface area contributed by atoms with Gasteiger partial charge in [0.05, 0.1) is 6.20 Å². The Morgan fingerprint density at radius 1 is 1.50 bits per heavy atom. The lowest BCUT2D eigenvalue weighted by Crippen LogP contribution is -2.34. The summed E-state index contributed by atoms with van der Waals surface area (Å²) in [6.07, 6.45) is 11.4. The smallest absolute Gasteiger partial charge is 0.244 e. The summed E-state index contributed by atoms with van der Waals surface area (Å²) in [6, 6.07) is 0. The van der Waals surface area contributed by atoms with E-state index in [-0.39, 0.29) is 12.5 Å². The van der Waals surface area contributed by atoms with Crippen LogP contribution in [0.15, 0.2) is 18.5 Å². The molecular formula is C15H23N3O2. The maximum absolute atomic E-state index is 11.8. The van der Waals surface area contributed by atoms with Gasteiger partial charge in [-0.25, -0.2) is 0 Å². The van der Waals surface area contributed by atoms with Crippen LogP contribution in [0.25, 0.3) is 6.08 Å². The molecule has 0 saturated heterocycles. The van der Waals surface area contributed by atoms with Crippen LogP contribution in [-0.4, -0.2) is 33.9 Å². The predicted molar refractivity (Wildman–Crippen MR) is 77.8 cm³/mol. The van der Waals surface area contributed by atoms with Crippen molar-refractivity contribution in [2.24, 2.45) is 18.9 Å².